The van der Waals surface area contributed by atoms with Crippen molar-refractivity contribution in [1.29, 1.82) is 0 Å². The van der Waals surface area contributed by atoms with Crippen molar-refractivity contribution in [3.05, 3.63) is 54.1 Å². The van der Waals surface area contributed by atoms with Crippen LogP contribution in [0.15, 0.2) is 48.5 Å². The van der Waals surface area contributed by atoms with Crippen LogP contribution in [0.3, 0.4) is 0 Å². The van der Waals surface area contributed by atoms with Crippen molar-refractivity contribution in [2.75, 3.05) is 47.1 Å². The Balaban J connectivity index is 1.58. The van der Waals surface area contributed by atoms with Crippen molar-refractivity contribution >= 4 is 0 Å². The van der Waals surface area contributed by atoms with Crippen LogP contribution in [0, 0.1) is 0 Å². The lowest BCUT2D eigenvalue weighted by molar-refractivity contribution is 0.105. The second kappa shape index (κ2) is 12.2. The lowest BCUT2D eigenvalue weighted by Gasteiger charge is -2.14. The molecule has 0 bridgehead atoms. The molecule has 0 spiro atoms. The first-order valence-electron chi connectivity index (χ1n) is 9.08. The van der Waals surface area contributed by atoms with Crippen molar-refractivity contribution in [3.8, 4) is 17.2 Å². The normalized spacial score (nSPS) is 11.8. The topological polar surface area (TPSA) is 69.2 Å². The summed E-state index contributed by atoms with van der Waals surface area (Å²) in [6.45, 7) is 2.46. The molecule has 2 aromatic carbocycles. The zero-order chi connectivity index (χ0) is 19.3. The SMILES string of the molecule is COCCc1ccc(OC[C@H](O)CNCCOc2ccccc2OC)cc1. The number of hydrogen-bond donors (Lipinski definition) is 2. The van der Waals surface area contributed by atoms with Gasteiger partial charge in [-0.3, -0.25) is 0 Å². The van der Waals surface area contributed by atoms with Crippen LogP contribution in [0.4, 0.5) is 0 Å². The fourth-order valence-electron chi connectivity index (χ4n) is 2.46. The number of benzene rings is 2. The van der Waals surface area contributed by atoms with E-state index in [9.17, 15) is 5.11 Å². The van der Waals surface area contributed by atoms with Gasteiger partial charge >= 0.3 is 0 Å². The van der Waals surface area contributed by atoms with Crippen LogP contribution in [0.1, 0.15) is 5.56 Å². The molecule has 0 saturated carbocycles. The van der Waals surface area contributed by atoms with Gasteiger partial charge in [-0.05, 0) is 36.2 Å². The van der Waals surface area contributed by atoms with Crippen LogP contribution in [0.5, 0.6) is 17.2 Å². The number of para-hydroxylation sites is 2. The molecule has 0 heterocycles. The molecule has 0 saturated heterocycles. The Kier molecular flexibility index (Phi) is 9.48. The van der Waals surface area contributed by atoms with Gasteiger partial charge in [0.25, 0.3) is 0 Å². The van der Waals surface area contributed by atoms with Gasteiger partial charge in [-0.25, -0.2) is 0 Å². The van der Waals surface area contributed by atoms with Crippen LogP contribution in [-0.2, 0) is 11.2 Å². The molecule has 0 amide bonds. The number of aliphatic hydroxyl groups excluding tert-OH is 1. The van der Waals surface area contributed by atoms with Crippen molar-refractivity contribution in [2.24, 2.45) is 0 Å². The summed E-state index contributed by atoms with van der Waals surface area (Å²) in [5.41, 5.74) is 1.20. The second-order valence-electron chi connectivity index (χ2n) is 6.06. The Labute approximate surface area is 161 Å². The standard InChI is InChI=1S/C21H29NO5/c1-24-13-11-17-7-9-19(10-8-17)27-16-18(23)15-22-12-14-26-21-6-4-3-5-20(21)25-2/h3-10,18,22-23H,11-16H2,1-2H3/t18-/m1/s1. The van der Waals surface area contributed by atoms with Crippen molar-refractivity contribution in [3.63, 3.8) is 0 Å². The predicted octanol–water partition coefficient (Wildman–Crippen LogP) is 2.29. The van der Waals surface area contributed by atoms with Crippen LogP contribution >= 0.6 is 0 Å². The van der Waals surface area contributed by atoms with Gasteiger partial charge in [0.05, 0.1) is 13.7 Å². The average Bonchev–Trinajstić information content (AvgIpc) is 2.71. The molecule has 0 aromatic heterocycles. The molecule has 27 heavy (non-hydrogen) atoms. The highest BCUT2D eigenvalue weighted by Crippen LogP contribution is 2.25. The summed E-state index contributed by atoms with van der Waals surface area (Å²) >= 11 is 0. The Morgan fingerprint density at radius 2 is 1.67 bits per heavy atom. The minimum absolute atomic E-state index is 0.234. The average molecular weight is 375 g/mol. The Morgan fingerprint density at radius 1 is 0.926 bits per heavy atom. The van der Waals surface area contributed by atoms with Gasteiger partial charge < -0.3 is 29.4 Å². The molecule has 0 aliphatic carbocycles. The van der Waals surface area contributed by atoms with Crippen LogP contribution in [0.2, 0.25) is 0 Å². The van der Waals surface area contributed by atoms with Crippen LogP contribution < -0.4 is 19.5 Å². The number of aliphatic hydroxyl groups is 1. The quantitative estimate of drug-likeness (QED) is 0.524. The van der Waals surface area contributed by atoms with Gasteiger partial charge in [0, 0.05) is 20.2 Å². The van der Waals surface area contributed by atoms with Gasteiger partial charge in [-0.1, -0.05) is 24.3 Å². The summed E-state index contributed by atoms with van der Waals surface area (Å²) in [7, 11) is 3.31. The highest BCUT2D eigenvalue weighted by molar-refractivity contribution is 5.39. The summed E-state index contributed by atoms with van der Waals surface area (Å²) < 4.78 is 21.6. The van der Waals surface area contributed by atoms with E-state index in [2.05, 4.69) is 5.32 Å². The van der Waals surface area contributed by atoms with E-state index in [1.54, 1.807) is 14.2 Å². The molecule has 0 unspecified atom stereocenters. The zero-order valence-corrected chi connectivity index (χ0v) is 16.0. The summed E-state index contributed by atoms with van der Waals surface area (Å²) in [6, 6.07) is 15.3. The van der Waals surface area contributed by atoms with Gasteiger partial charge in [0.1, 0.15) is 25.1 Å². The van der Waals surface area contributed by atoms with Crippen LogP contribution in [0.25, 0.3) is 0 Å². The van der Waals surface area contributed by atoms with Crippen molar-refractivity contribution in [2.45, 2.75) is 12.5 Å². The van der Waals surface area contributed by atoms with E-state index in [1.165, 1.54) is 5.56 Å². The van der Waals surface area contributed by atoms with Gasteiger partial charge in [0.15, 0.2) is 11.5 Å². The fourth-order valence-corrected chi connectivity index (χ4v) is 2.46. The molecule has 0 radical (unpaired) electrons. The van der Waals surface area contributed by atoms with Crippen molar-refractivity contribution in [1.82, 2.24) is 5.32 Å². The third kappa shape index (κ3) is 7.86. The van der Waals surface area contributed by atoms with E-state index in [0.717, 1.165) is 12.2 Å². The molecule has 148 valence electrons. The number of rotatable bonds is 13. The lowest BCUT2D eigenvalue weighted by Crippen LogP contribution is -2.33. The molecular formula is C21H29NO5. The maximum Gasteiger partial charge on any atom is 0.161 e. The summed E-state index contributed by atoms with van der Waals surface area (Å²) in [5, 5.41) is 13.2. The van der Waals surface area contributed by atoms with Gasteiger partial charge in [-0.2, -0.15) is 0 Å². The first kappa shape index (κ1) is 21.0. The number of methoxy groups -OCH3 is 2. The molecule has 0 aliphatic heterocycles. The summed E-state index contributed by atoms with van der Waals surface area (Å²) in [4.78, 5) is 0. The first-order chi connectivity index (χ1) is 13.2. The molecule has 2 rings (SSSR count). The second-order valence-corrected chi connectivity index (χ2v) is 6.06. The van der Waals surface area contributed by atoms with E-state index in [-0.39, 0.29) is 6.61 Å². The van der Waals surface area contributed by atoms with E-state index in [1.807, 2.05) is 48.5 Å². The maximum atomic E-state index is 10.0. The smallest absolute Gasteiger partial charge is 0.161 e. The number of ether oxygens (including phenoxy) is 4. The first-order valence-corrected chi connectivity index (χ1v) is 9.08. The largest absolute Gasteiger partial charge is 0.493 e. The highest BCUT2D eigenvalue weighted by Gasteiger charge is 2.06. The Morgan fingerprint density at radius 3 is 2.37 bits per heavy atom. The summed E-state index contributed by atoms with van der Waals surface area (Å²) in [6.07, 6.45) is 0.282. The highest BCUT2D eigenvalue weighted by atomic mass is 16.5. The van der Waals surface area contributed by atoms with Crippen molar-refractivity contribution < 1.29 is 24.1 Å². The Bertz CT molecular complexity index is 647. The van der Waals surface area contributed by atoms with E-state index < -0.39 is 6.10 Å². The molecule has 0 fully saturated rings. The van der Waals surface area contributed by atoms with E-state index in [0.29, 0.717) is 37.8 Å². The summed E-state index contributed by atoms with van der Waals surface area (Å²) in [5.74, 6) is 2.16. The fraction of sp³-hybridized carbons (Fsp3) is 0.429. The monoisotopic (exact) mass is 375 g/mol. The molecule has 6 nitrogen and oxygen atoms in total. The van der Waals surface area contributed by atoms with E-state index >= 15 is 0 Å². The Hall–Kier alpha value is -2.28. The third-order valence-corrected chi connectivity index (χ3v) is 3.95. The molecule has 2 aromatic rings. The maximum absolute atomic E-state index is 10.0. The molecule has 2 N–H and O–H groups in total. The third-order valence-electron chi connectivity index (χ3n) is 3.95. The number of nitrogens with one attached hydrogen (secondary N) is 1. The van der Waals surface area contributed by atoms with Gasteiger partial charge in [-0.15, -0.1) is 0 Å². The molecule has 0 aliphatic rings. The van der Waals surface area contributed by atoms with Gasteiger partial charge in [0.2, 0.25) is 0 Å². The zero-order valence-electron chi connectivity index (χ0n) is 16.0. The lowest BCUT2D eigenvalue weighted by atomic mass is 10.1. The molecule has 6 heteroatoms. The number of hydrogen-bond acceptors (Lipinski definition) is 6. The molecular weight excluding hydrogens is 346 g/mol. The predicted molar refractivity (Wildman–Crippen MR) is 105 cm³/mol. The van der Waals surface area contributed by atoms with Crippen LogP contribution in [-0.4, -0.2) is 58.3 Å². The molecule has 1 atom stereocenters. The van der Waals surface area contributed by atoms with E-state index in [4.69, 9.17) is 18.9 Å². The minimum Gasteiger partial charge on any atom is -0.493 e. The minimum atomic E-state index is -0.593.